The SMILES string of the molecule is COc1ccccc1C1(C(=O)N2CCc3ccc(C(=O)O)cc3C2)CC1. The maximum absolute atomic E-state index is 13.3. The summed E-state index contributed by atoms with van der Waals surface area (Å²) in [6, 6.07) is 12.9. The third kappa shape index (κ3) is 2.64. The third-order valence-corrected chi connectivity index (χ3v) is 5.53. The Labute approximate surface area is 152 Å². The Balaban J connectivity index is 1.62. The standard InChI is InChI=1S/C21H21NO4/c1-26-18-5-3-2-4-17(18)21(9-10-21)20(25)22-11-8-14-6-7-15(19(23)24)12-16(14)13-22/h2-7,12H,8-11,13H2,1H3,(H,23,24). The number of carboxylic acid groups (broad SMARTS) is 1. The quantitative estimate of drug-likeness (QED) is 0.919. The van der Waals surface area contributed by atoms with Crippen LogP contribution in [-0.4, -0.2) is 35.5 Å². The molecule has 26 heavy (non-hydrogen) atoms. The number of methoxy groups -OCH3 is 1. The number of amides is 1. The normalized spacial score (nSPS) is 17.3. The van der Waals surface area contributed by atoms with Gasteiger partial charge in [-0.3, -0.25) is 4.79 Å². The van der Waals surface area contributed by atoms with E-state index < -0.39 is 11.4 Å². The number of ether oxygens (including phenoxy) is 1. The molecule has 1 aliphatic heterocycles. The molecule has 0 saturated heterocycles. The summed E-state index contributed by atoms with van der Waals surface area (Å²) < 4.78 is 5.47. The van der Waals surface area contributed by atoms with Gasteiger partial charge in [-0.05, 0) is 48.6 Å². The highest BCUT2D eigenvalue weighted by Gasteiger charge is 2.54. The lowest BCUT2D eigenvalue weighted by Gasteiger charge is -2.32. The fourth-order valence-corrected chi connectivity index (χ4v) is 3.93. The molecule has 0 unspecified atom stereocenters. The Morgan fingerprint density at radius 1 is 1.12 bits per heavy atom. The number of carbonyl (C=O) groups excluding carboxylic acids is 1. The van der Waals surface area contributed by atoms with Crippen molar-refractivity contribution in [3.63, 3.8) is 0 Å². The van der Waals surface area contributed by atoms with Gasteiger partial charge in [0.25, 0.3) is 0 Å². The highest BCUT2D eigenvalue weighted by molar-refractivity contribution is 5.92. The van der Waals surface area contributed by atoms with E-state index in [2.05, 4.69) is 0 Å². The van der Waals surface area contributed by atoms with Crippen LogP contribution >= 0.6 is 0 Å². The van der Waals surface area contributed by atoms with E-state index in [9.17, 15) is 14.7 Å². The second kappa shape index (κ2) is 6.16. The average Bonchev–Trinajstić information content (AvgIpc) is 3.48. The van der Waals surface area contributed by atoms with Crippen molar-refractivity contribution in [2.45, 2.75) is 31.2 Å². The van der Waals surface area contributed by atoms with Gasteiger partial charge in [-0.1, -0.05) is 24.3 Å². The predicted molar refractivity (Wildman–Crippen MR) is 96.4 cm³/mol. The van der Waals surface area contributed by atoms with Crippen LogP contribution in [0.4, 0.5) is 0 Å². The van der Waals surface area contributed by atoms with E-state index in [4.69, 9.17) is 4.74 Å². The maximum Gasteiger partial charge on any atom is 0.335 e. The molecule has 1 saturated carbocycles. The van der Waals surface area contributed by atoms with Crippen molar-refractivity contribution >= 4 is 11.9 Å². The fraction of sp³-hybridized carbons (Fsp3) is 0.333. The minimum absolute atomic E-state index is 0.119. The first-order valence-corrected chi connectivity index (χ1v) is 8.83. The zero-order chi connectivity index (χ0) is 18.3. The Morgan fingerprint density at radius 2 is 1.88 bits per heavy atom. The van der Waals surface area contributed by atoms with Crippen molar-refractivity contribution < 1.29 is 19.4 Å². The van der Waals surface area contributed by atoms with Gasteiger partial charge in [0.1, 0.15) is 5.75 Å². The molecule has 0 radical (unpaired) electrons. The number of carboxylic acids is 1. The molecule has 134 valence electrons. The molecule has 0 spiro atoms. The van der Waals surface area contributed by atoms with Gasteiger partial charge in [-0.15, -0.1) is 0 Å². The molecule has 1 heterocycles. The van der Waals surface area contributed by atoms with Crippen molar-refractivity contribution in [1.82, 2.24) is 4.90 Å². The first-order chi connectivity index (χ1) is 12.5. The fourth-order valence-electron chi connectivity index (χ4n) is 3.93. The smallest absolute Gasteiger partial charge is 0.335 e. The number of fused-ring (bicyclic) bond motifs is 1. The van der Waals surface area contributed by atoms with Crippen molar-refractivity contribution in [3.8, 4) is 5.75 Å². The highest BCUT2D eigenvalue weighted by atomic mass is 16.5. The molecule has 2 aliphatic rings. The van der Waals surface area contributed by atoms with Gasteiger partial charge < -0.3 is 14.7 Å². The number of carbonyl (C=O) groups is 2. The Morgan fingerprint density at radius 3 is 2.58 bits per heavy atom. The number of rotatable bonds is 4. The Hall–Kier alpha value is -2.82. The third-order valence-electron chi connectivity index (χ3n) is 5.53. The molecule has 0 aromatic heterocycles. The molecular formula is C21H21NO4. The summed E-state index contributed by atoms with van der Waals surface area (Å²) in [7, 11) is 1.63. The molecule has 0 bridgehead atoms. The van der Waals surface area contributed by atoms with Gasteiger partial charge in [0.05, 0.1) is 18.1 Å². The zero-order valence-corrected chi connectivity index (χ0v) is 14.7. The number of aromatic carboxylic acids is 1. The summed E-state index contributed by atoms with van der Waals surface area (Å²) >= 11 is 0. The maximum atomic E-state index is 13.3. The monoisotopic (exact) mass is 351 g/mol. The first kappa shape index (κ1) is 16.6. The molecule has 4 rings (SSSR count). The number of nitrogens with zero attached hydrogens (tertiary/aromatic N) is 1. The van der Waals surface area contributed by atoms with E-state index in [-0.39, 0.29) is 11.5 Å². The Bertz CT molecular complexity index is 885. The number of hydrogen-bond donors (Lipinski definition) is 1. The van der Waals surface area contributed by atoms with Gasteiger partial charge >= 0.3 is 5.97 Å². The summed E-state index contributed by atoms with van der Waals surface area (Å²) in [4.78, 5) is 26.4. The lowest BCUT2D eigenvalue weighted by Crippen LogP contribution is -2.42. The topological polar surface area (TPSA) is 66.8 Å². The van der Waals surface area contributed by atoms with Gasteiger partial charge in [0.15, 0.2) is 0 Å². The van der Waals surface area contributed by atoms with Crippen LogP contribution in [0, 0.1) is 0 Å². The van der Waals surface area contributed by atoms with Crippen LogP contribution < -0.4 is 4.74 Å². The molecule has 1 N–H and O–H groups in total. The van der Waals surface area contributed by atoms with Crippen molar-refractivity contribution in [1.29, 1.82) is 0 Å². The summed E-state index contributed by atoms with van der Waals surface area (Å²) in [5.74, 6) is -0.0683. The summed E-state index contributed by atoms with van der Waals surface area (Å²) in [6.45, 7) is 1.13. The number of hydrogen-bond acceptors (Lipinski definition) is 3. The van der Waals surface area contributed by atoms with E-state index in [0.29, 0.717) is 13.1 Å². The number of para-hydroxylation sites is 1. The first-order valence-electron chi connectivity index (χ1n) is 8.83. The zero-order valence-electron chi connectivity index (χ0n) is 14.7. The molecule has 1 amide bonds. The van der Waals surface area contributed by atoms with Gasteiger partial charge in [-0.25, -0.2) is 4.79 Å². The molecule has 2 aromatic rings. The second-order valence-corrected chi connectivity index (χ2v) is 7.05. The lowest BCUT2D eigenvalue weighted by atomic mass is 9.91. The van der Waals surface area contributed by atoms with Gasteiger partial charge in [-0.2, -0.15) is 0 Å². The van der Waals surface area contributed by atoms with Crippen LogP contribution in [0.25, 0.3) is 0 Å². The molecule has 2 aromatic carbocycles. The van der Waals surface area contributed by atoms with Crippen LogP contribution in [0.15, 0.2) is 42.5 Å². The van der Waals surface area contributed by atoms with Crippen LogP contribution in [0.1, 0.15) is 39.9 Å². The largest absolute Gasteiger partial charge is 0.496 e. The molecule has 1 fully saturated rings. The van der Waals surface area contributed by atoms with Gasteiger partial charge in [0, 0.05) is 18.7 Å². The van der Waals surface area contributed by atoms with Crippen LogP contribution in [0.5, 0.6) is 5.75 Å². The molecule has 1 aliphatic carbocycles. The van der Waals surface area contributed by atoms with Gasteiger partial charge in [0.2, 0.25) is 5.91 Å². The molecule has 5 nitrogen and oxygen atoms in total. The van der Waals surface area contributed by atoms with E-state index in [1.807, 2.05) is 35.2 Å². The van der Waals surface area contributed by atoms with Crippen LogP contribution in [-0.2, 0) is 23.2 Å². The van der Waals surface area contributed by atoms with E-state index in [1.54, 1.807) is 19.2 Å². The van der Waals surface area contributed by atoms with E-state index in [1.165, 1.54) is 0 Å². The van der Waals surface area contributed by atoms with Crippen molar-refractivity contribution in [2.75, 3.05) is 13.7 Å². The predicted octanol–water partition coefficient (Wildman–Crippen LogP) is 3.01. The highest BCUT2D eigenvalue weighted by Crippen LogP contribution is 2.52. The van der Waals surface area contributed by atoms with Crippen LogP contribution in [0.2, 0.25) is 0 Å². The molecule has 0 atom stereocenters. The molecular weight excluding hydrogens is 330 g/mol. The van der Waals surface area contributed by atoms with E-state index in [0.717, 1.165) is 41.7 Å². The van der Waals surface area contributed by atoms with E-state index >= 15 is 0 Å². The van der Waals surface area contributed by atoms with Crippen molar-refractivity contribution in [3.05, 3.63) is 64.7 Å². The van der Waals surface area contributed by atoms with Crippen molar-refractivity contribution in [2.24, 2.45) is 0 Å². The average molecular weight is 351 g/mol. The Kier molecular flexibility index (Phi) is 3.94. The summed E-state index contributed by atoms with van der Waals surface area (Å²) in [5.41, 5.74) is 2.79. The minimum atomic E-state index is -0.941. The lowest BCUT2D eigenvalue weighted by molar-refractivity contribution is -0.135. The summed E-state index contributed by atoms with van der Waals surface area (Å²) in [6.07, 6.45) is 2.40. The second-order valence-electron chi connectivity index (χ2n) is 7.05. The number of benzene rings is 2. The molecule has 5 heteroatoms. The summed E-state index contributed by atoms with van der Waals surface area (Å²) in [5, 5.41) is 9.21. The van der Waals surface area contributed by atoms with Crippen LogP contribution in [0.3, 0.4) is 0 Å². The minimum Gasteiger partial charge on any atom is -0.496 e.